The van der Waals surface area contributed by atoms with E-state index in [1.54, 1.807) is 13.8 Å². The lowest BCUT2D eigenvalue weighted by Crippen LogP contribution is -2.18. The monoisotopic (exact) mass is 318 g/mol. The van der Waals surface area contributed by atoms with Crippen LogP contribution in [0.5, 0.6) is 0 Å². The second-order valence-electron chi connectivity index (χ2n) is 3.17. The second-order valence-corrected chi connectivity index (χ2v) is 4.29. The summed E-state index contributed by atoms with van der Waals surface area (Å²) in [7, 11) is 0. The third kappa shape index (κ3) is 8.44. The van der Waals surface area contributed by atoms with Gasteiger partial charge in [-0.3, -0.25) is 19.2 Å². The molecule has 8 heteroatoms. The molecule has 0 aromatic carbocycles. The Balaban J connectivity index is 0. The van der Waals surface area contributed by atoms with Gasteiger partial charge in [0.15, 0.2) is 0 Å². The summed E-state index contributed by atoms with van der Waals surface area (Å²) < 4.78 is 0. The zero-order valence-corrected chi connectivity index (χ0v) is 12.1. The Kier molecular flexibility index (Phi) is 11.3. The standard InChI is InChI=1S/C5H6Cl2O2.C5H7ClO3/c1-2-3(4(6)8)5(7)9;1-2-3(4(6)7)5(8)9/h3H,2H2,1H3;3H,2H2,1H3,(H,8,9). The van der Waals surface area contributed by atoms with Gasteiger partial charge in [-0.15, -0.1) is 0 Å². The molecule has 0 aliphatic heterocycles. The van der Waals surface area contributed by atoms with E-state index in [9.17, 15) is 19.2 Å². The molecule has 0 aliphatic carbocycles. The largest absolute Gasteiger partial charge is 0.481 e. The number of carboxylic acid groups (broad SMARTS) is 1. The Morgan fingerprint density at radius 2 is 1.11 bits per heavy atom. The summed E-state index contributed by atoms with van der Waals surface area (Å²) in [4.78, 5) is 40.8. The van der Waals surface area contributed by atoms with Gasteiger partial charge < -0.3 is 5.11 Å². The third-order valence-electron chi connectivity index (χ3n) is 1.94. The average Bonchev–Trinajstić information content (AvgIpc) is 2.17. The predicted molar refractivity (Wildman–Crippen MR) is 67.8 cm³/mol. The molecule has 5 nitrogen and oxygen atoms in total. The lowest BCUT2D eigenvalue weighted by molar-refractivity contribution is -0.144. The van der Waals surface area contributed by atoms with E-state index in [0.717, 1.165) is 0 Å². The number of carboxylic acids is 1. The van der Waals surface area contributed by atoms with Gasteiger partial charge in [-0.2, -0.15) is 0 Å². The number of rotatable bonds is 6. The van der Waals surface area contributed by atoms with Gasteiger partial charge >= 0.3 is 5.97 Å². The van der Waals surface area contributed by atoms with Crippen LogP contribution in [0.1, 0.15) is 26.7 Å². The minimum atomic E-state index is -1.16. The summed E-state index contributed by atoms with van der Waals surface area (Å²) in [5, 5.41) is 6.07. The molecule has 0 bridgehead atoms. The number of carbonyl (C=O) groups is 4. The molecule has 104 valence electrons. The highest BCUT2D eigenvalue weighted by Crippen LogP contribution is 2.10. The maximum absolute atomic E-state index is 10.3. The van der Waals surface area contributed by atoms with Crippen LogP contribution >= 0.6 is 34.8 Å². The Hall–Kier alpha value is -0.650. The van der Waals surface area contributed by atoms with Crippen LogP contribution in [-0.2, 0) is 19.2 Å². The van der Waals surface area contributed by atoms with E-state index >= 15 is 0 Å². The smallest absolute Gasteiger partial charge is 0.315 e. The van der Waals surface area contributed by atoms with Crippen molar-refractivity contribution in [3.63, 3.8) is 0 Å². The van der Waals surface area contributed by atoms with Crippen molar-refractivity contribution in [2.75, 3.05) is 0 Å². The van der Waals surface area contributed by atoms with Crippen molar-refractivity contribution in [3.8, 4) is 0 Å². The molecular formula is C10H13Cl3O5. The van der Waals surface area contributed by atoms with Crippen molar-refractivity contribution >= 4 is 56.5 Å². The van der Waals surface area contributed by atoms with Crippen LogP contribution in [0.2, 0.25) is 0 Å². The number of hydrogen-bond acceptors (Lipinski definition) is 4. The van der Waals surface area contributed by atoms with Crippen LogP contribution in [0, 0.1) is 11.8 Å². The average molecular weight is 320 g/mol. The van der Waals surface area contributed by atoms with Gasteiger partial charge in [0, 0.05) is 0 Å². The van der Waals surface area contributed by atoms with E-state index < -0.39 is 33.5 Å². The van der Waals surface area contributed by atoms with Gasteiger partial charge in [0.2, 0.25) is 15.7 Å². The Morgan fingerprint density at radius 3 is 1.11 bits per heavy atom. The van der Waals surface area contributed by atoms with Crippen molar-refractivity contribution in [1.29, 1.82) is 0 Å². The SMILES string of the molecule is CCC(C(=O)Cl)C(=O)Cl.CCC(C(=O)O)C(=O)Cl. The number of carbonyl (C=O) groups excluding carboxylic acids is 3. The fourth-order valence-corrected chi connectivity index (χ4v) is 1.65. The van der Waals surface area contributed by atoms with Crippen LogP contribution in [0.4, 0.5) is 0 Å². The van der Waals surface area contributed by atoms with E-state index in [2.05, 4.69) is 0 Å². The number of hydrogen-bond donors (Lipinski definition) is 1. The Morgan fingerprint density at radius 1 is 0.833 bits per heavy atom. The molecule has 0 saturated carbocycles. The van der Waals surface area contributed by atoms with Gasteiger partial charge in [0.05, 0.1) is 0 Å². The van der Waals surface area contributed by atoms with Crippen LogP contribution in [0.3, 0.4) is 0 Å². The molecule has 1 unspecified atom stereocenters. The topological polar surface area (TPSA) is 88.5 Å². The summed E-state index contributed by atoms with van der Waals surface area (Å²) in [6, 6.07) is 0. The molecular weight excluding hydrogens is 306 g/mol. The van der Waals surface area contributed by atoms with Crippen LogP contribution in [0.25, 0.3) is 0 Å². The van der Waals surface area contributed by atoms with Crippen molar-refractivity contribution < 1.29 is 24.3 Å². The fourth-order valence-electron chi connectivity index (χ4n) is 0.842. The third-order valence-corrected chi connectivity index (χ3v) is 2.73. The van der Waals surface area contributed by atoms with Gasteiger partial charge in [0.1, 0.15) is 11.8 Å². The van der Waals surface area contributed by atoms with E-state index in [0.29, 0.717) is 6.42 Å². The molecule has 0 amide bonds. The lowest BCUT2D eigenvalue weighted by atomic mass is 10.1. The molecule has 0 aromatic heterocycles. The first-order chi connectivity index (χ1) is 8.18. The minimum Gasteiger partial charge on any atom is -0.481 e. The van der Waals surface area contributed by atoms with Crippen LogP contribution < -0.4 is 0 Å². The quantitative estimate of drug-likeness (QED) is 0.600. The molecule has 0 heterocycles. The molecule has 1 atom stereocenters. The molecule has 0 radical (unpaired) electrons. The highest BCUT2D eigenvalue weighted by atomic mass is 35.5. The molecule has 18 heavy (non-hydrogen) atoms. The van der Waals surface area contributed by atoms with E-state index in [1.807, 2.05) is 0 Å². The first-order valence-corrected chi connectivity index (χ1v) is 6.13. The number of halogens is 3. The van der Waals surface area contributed by atoms with Crippen molar-refractivity contribution in [2.24, 2.45) is 11.8 Å². The van der Waals surface area contributed by atoms with E-state index in [-0.39, 0.29) is 6.42 Å². The zero-order chi connectivity index (χ0) is 14.9. The zero-order valence-electron chi connectivity index (χ0n) is 9.78. The normalized spacial score (nSPS) is 11.2. The highest BCUT2D eigenvalue weighted by Gasteiger charge is 2.21. The van der Waals surface area contributed by atoms with Crippen molar-refractivity contribution in [2.45, 2.75) is 26.7 Å². The molecule has 1 N–H and O–H groups in total. The molecule has 0 rings (SSSR count). The summed E-state index contributed by atoms with van der Waals surface area (Å²) in [5.41, 5.74) is 0. The van der Waals surface area contributed by atoms with Gasteiger partial charge in [-0.05, 0) is 47.6 Å². The molecule has 0 spiro atoms. The van der Waals surface area contributed by atoms with Crippen molar-refractivity contribution in [3.05, 3.63) is 0 Å². The minimum absolute atomic E-state index is 0.248. The van der Waals surface area contributed by atoms with E-state index in [1.165, 1.54) is 0 Å². The summed E-state index contributed by atoms with van der Waals surface area (Å²) in [6.45, 7) is 3.27. The fraction of sp³-hybridized carbons (Fsp3) is 0.600. The first-order valence-electron chi connectivity index (χ1n) is 4.99. The maximum Gasteiger partial charge on any atom is 0.315 e. The highest BCUT2D eigenvalue weighted by molar-refractivity contribution is 6.73. The Labute approximate surface area is 119 Å². The summed E-state index contributed by atoms with van der Waals surface area (Å²) in [6.07, 6.45) is 0.613. The first kappa shape index (κ1) is 19.7. The van der Waals surface area contributed by atoms with Gasteiger partial charge in [-0.25, -0.2) is 0 Å². The molecule has 0 aliphatic rings. The molecule has 0 aromatic rings. The van der Waals surface area contributed by atoms with Crippen LogP contribution in [-0.4, -0.2) is 26.8 Å². The lowest BCUT2D eigenvalue weighted by Gasteiger charge is -1.99. The summed E-state index contributed by atoms with van der Waals surface area (Å²) in [5.74, 6) is -3.02. The summed E-state index contributed by atoms with van der Waals surface area (Å²) >= 11 is 14.9. The van der Waals surface area contributed by atoms with Crippen LogP contribution in [0.15, 0.2) is 0 Å². The molecule has 0 fully saturated rings. The van der Waals surface area contributed by atoms with Gasteiger partial charge in [0.25, 0.3) is 0 Å². The number of aliphatic carboxylic acids is 1. The Bertz CT molecular complexity index is 269. The molecule has 0 saturated heterocycles. The predicted octanol–water partition coefficient (Wildman–Crippen LogP) is 2.41. The van der Waals surface area contributed by atoms with Crippen molar-refractivity contribution in [1.82, 2.24) is 0 Å². The van der Waals surface area contributed by atoms with Gasteiger partial charge in [-0.1, -0.05) is 13.8 Å². The maximum atomic E-state index is 10.3. The van der Waals surface area contributed by atoms with E-state index in [4.69, 9.17) is 39.9 Å². The second kappa shape index (κ2) is 10.3.